The minimum Gasteiger partial charge on any atom is -0.393 e. The number of aryl methyl sites for hydroxylation is 1. The highest BCUT2D eigenvalue weighted by molar-refractivity contribution is 9.10. The van der Waals surface area contributed by atoms with Gasteiger partial charge >= 0.3 is 0 Å². The molecular formula is C16H20BrNO2. The second-order valence-corrected chi connectivity index (χ2v) is 7.23. The number of aliphatic hydroxyl groups excluding tert-OH is 1. The van der Waals surface area contributed by atoms with E-state index in [0.29, 0.717) is 18.1 Å². The highest BCUT2D eigenvalue weighted by Crippen LogP contribution is 2.43. The highest BCUT2D eigenvalue weighted by Gasteiger charge is 2.43. The maximum atomic E-state index is 10.0. The number of fused-ring (bicyclic) bond motifs is 3. The number of aliphatic hydroxyl groups is 1. The van der Waals surface area contributed by atoms with Gasteiger partial charge in [0, 0.05) is 22.6 Å². The van der Waals surface area contributed by atoms with Gasteiger partial charge in [-0.25, -0.2) is 0 Å². The SMILES string of the molecule is OC1C[C@H]2COC[C@@H](C1)N2C1CCc2ccc(Br)cc21. The molecule has 0 radical (unpaired) electrons. The second kappa shape index (κ2) is 5.09. The Bertz CT molecular complexity index is 507. The first-order valence-electron chi connectivity index (χ1n) is 7.54. The molecule has 2 heterocycles. The molecule has 108 valence electrons. The fourth-order valence-corrected chi connectivity index (χ4v) is 4.66. The quantitative estimate of drug-likeness (QED) is 0.855. The summed E-state index contributed by atoms with van der Waals surface area (Å²) >= 11 is 3.60. The molecule has 0 spiro atoms. The van der Waals surface area contributed by atoms with Crippen LogP contribution in [0.2, 0.25) is 0 Å². The van der Waals surface area contributed by atoms with Crippen LogP contribution in [0.25, 0.3) is 0 Å². The molecule has 1 aromatic rings. The van der Waals surface area contributed by atoms with Crippen LogP contribution >= 0.6 is 15.9 Å². The number of morpholine rings is 1. The van der Waals surface area contributed by atoms with Crippen molar-refractivity contribution in [3.63, 3.8) is 0 Å². The normalized spacial score (nSPS) is 36.9. The van der Waals surface area contributed by atoms with Crippen molar-refractivity contribution in [3.05, 3.63) is 33.8 Å². The van der Waals surface area contributed by atoms with Crippen LogP contribution in [0.5, 0.6) is 0 Å². The number of nitrogens with zero attached hydrogens (tertiary/aromatic N) is 1. The fraction of sp³-hybridized carbons (Fsp3) is 0.625. The van der Waals surface area contributed by atoms with Gasteiger partial charge in [0.25, 0.3) is 0 Å². The molecule has 4 heteroatoms. The van der Waals surface area contributed by atoms with Crippen LogP contribution in [0.3, 0.4) is 0 Å². The second-order valence-electron chi connectivity index (χ2n) is 6.32. The molecule has 3 nitrogen and oxygen atoms in total. The van der Waals surface area contributed by atoms with Crippen molar-refractivity contribution in [2.75, 3.05) is 13.2 Å². The van der Waals surface area contributed by atoms with Crippen molar-refractivity contribution in [3.8, 4) is 0 Å². The van der Waals surface area contributed by atoms with Crippen LogP contribution in [-0.4, -0.2) is 41.4 Å². The third-order valence-electron chi connectivity index (χ3n) is 5.07. The Morgan fingerprint density at radius 1 is 1.20 bits per heavy atom. The van der Waals surface area contributed by atoms with E-state index in [9.17, 15) is 5.11 Å². The largest absolute Gasteiger partial charge is 0.393 e. The van der Waals surface area contributed by atoms with E-state index in [4.69, 9.17) is 4.74 Å². The highest BCUT2D eigenvalue weighted by atomic mass is 79.9. The van der Waals surface area contributed by atoms with Gasteiger partial charge in [-0.3, -0.25) is 4.90 Å². The molecule has 3 aliphatic rings. The Hall–Kier alpha value is -0.420. The van der Waals surface area contributed by atoms with Crippen molar-refractivity contribution in [1.29, 1.82) is 0 Å². The summed E-state index contributed by atoms with van der Waals surface area (Å²) in [4.78, 5) is 2.65. The lowest BCUT2D eigenvalue weighted by Crippen LogP contribution is -2.58. The number of rotatable bonds is 1. The van der Waals surface area contributed by atoms with Gasteiger partial charge in [-0.2, -0.15) is 0 Å². The first kappa shape index (κ1) is 13.3. The number of benzene rings is 1. The van der Waals surface area contributed by atoms with E-state index in [0.717, 1.165) is 26.1 Å². The van der Waals surface area contributed by atoms with Crippen LogP contribution in [0.1, 0.15) is 36.4 Å². The van der Waals surface area contributed by atoms with Crippen LogP contribution in [0.4, 0.5) is 0 Å². The number of halogens is 1. The number of hydrogen-bond acceptors (Lipinski definition) is 3. The van der Waals surface area contributed by atoms with Crippen LogP contribution in [0, 0.1) is 0 Å². The van der Waals surface area contributed by atoms with Crippen molar-refractivity contribution < 1.29 is 9.84 Å². The third-order valence-corrected chi connectivity index (χ3v) is 5.56. The van der Waals surface area contributed by atoms with Gasteiger partial charge < -0.3 is 9.84 Å². The van der Waals surface area contributed by atoms with Gasteiger partial charge in [0.15, 0.2) is 0 Å². The molecule has 4 rings (SSSR count). The van der Waals surface area contributed by atoms with Gasteiger partial charge in [-0.05, 0) is 48.9 Å². The molecular weight excluding hydrogens is 318 g/mol. The molecule has 2 saturated heterocycles. The first-order chi connectivity index (χ1) is 9.72. The molecule has 2 aliphatic heterocycles. The lowest BCUT2D eigenvalue weighted by atomic mass is 9.89. The van der Waals surface area contributed by atoms with E-state index < -0.39 is 0 Å². The minimum atomic E-state index is -0.145. The molecule has 1 aliphatic carbocycles. The standard InChI is InChI=1S/C16H20BrNO2/c17-11-3-1-10-2-4-16(15(10)5-11)18-12-6-14(19)7-13(18)9-20-8-12/h1,3,5,12-14,16,19H,2,4,6-9H2/t12-,13+,14?,16?. The summed E-state index contributed by atoms with van der Waals surface area (Å²) in [6.07, 6.45) is 3.95. The van der Waals surface area contributed by atoms with E-state index >= 15 is 0 Å². The zero-order valence-electron chi connectivity index (χ0n) is 11.5. The zero-order valence-corrected chi connectivity index (χ0v) is 13.1. The maximum absolute atomic E-state index is 10.0. The van der Waals surface area contributed by atoms with Crippen LogP contribution in [-0.2, 0) is 11.2 Å². The summed E-state index contributed by atoms with van der Waals surface area (Å²) in [5.74, 6) is 0. The molecule has 0 aromatic heterocycles. The Kier molecular flexibility index (Phi) is 3.38. The molecule has 2 fully saturated rings. The Labute approximate surface area is 128 Å². The number of ether oxygens (including phenoxy) is 1. The van der Waals surface area contributed by atoms with Gasteiger partial charge in [0.1, 0.15) is 0 Å². The average molecular weight is 338 g/mol. The Morgan fingerprint density at radius 2 is 1.95 bits per heavy atom. The Morgan fingerprint density at radius 3 is 2.70 bits per heavy atom. The van der Waals surface area contributed by atoms with Crippen molar-refractivity contribution in [2.24, 2.45) is 0 Å². The molecule has 0 amide bonds. The number of piperidine rings is 1. The lowest BCUT2D eigenvalue weighted by Gasteiger charge is -2.50. The predicted molar refractivity (Wildman–Crippen MR) is 80.7 cm³/mol. The Balaban J connectivity index is 1.67. The molecule has 2 bridgehead atoms. The van der Waals surface area contributed by atoms with Crippen LogP contribution < -0.4 is 0 Å². The van der Waals surface area contributed by atoms with E-state index in [1.165, 1.54) is 28.4 Å². The summed E-state index contributed by atoms with van der Waals surface area (Å²) in [5.41, 5.74) is 2.97. The minimum absolute atomic E-state index is 0.145. The molecule has 4 atom stereocenters. The monoisotopic (exact) mass is 337 g/mol. The van der Waals surface area contributed by atoms with E-state index in [-0.39, 0.29) is 6.10 Å². The third kappa shape index (κ3) is 2.13. The van der Waals surface area contributed by atoms with E-state index in [1.54, 1.807) is 0 Å². The molecule has 2 unspecified atom stereocenters. The van der Waals surface area contributed by atoms with Crippen molar-refractivity contribution >= 4 is 15.9 Å². The van der Waals surface area contributed by atoms with Crippen molar-refractivity contribution in [2.45, 2.75) is 49.9 Å². The summed E-state index contributed by atoms with van der Waals surface area (Å²) in [7, 11) is 0. The topological polar surface area (TPSA) is 32.7 Å². The van der Waals surface area contributed by atoms with Crippen LogP contribution in [0.15, 0.2) is 22.7 Å². The number of hydrogen-bond donors (Lipinski definition) is 1. The lowest BCUT2D eigenvalue weighted by molar-refractivity contribution is -0.122. The van der Waals surface area contributed by atoms with E-state index in [2.05, 4.69) is 39.0 Å². The van der Waals surface area contributed by atoms with Gasteiger partial charge in [-0.15, -0.1) is 0 Å². The summed E-state index contributed by atoms with van der Waals surface area (Å²) in [5, 5.41) is 10.0. The first-order valence-corrected chi connectivity index (χ1v) is 8.33. The van der Waals surface area contributed by atoms with Crippen molar-refractivity contribution in [1.82, 2.24) is 4.90 Å². The van der Waals surface area contributed by atoms with Gasteiger partial charge in [0.05, 0.1) is 19.3 Å². The molecule has 1 aromatic carbocycles. The van der Waals surface area contributed by atoms with E-state index in [1.807, 2.05) is 0 Å². The molecule has 20 heavy (non-hydrogen) atoms. The molecule has 0 saturated carbocycles. The summed E-state index contributed by atoms with van der Waals surface area (Å²) in [6, 6.07) is 7.96. The summed E-state index contributed by atoms with van der Waals surface area (Å²) < 4.78 is 6.89. The van der Waals surface area contributed by atoms with Gasteiger partial charge in [-0.1, -0.05) is 22.0 Å². The predicted octanol–water partition coefficient (Wildman–Crippen LogP) is 2.66. The molecule has 1 N–H and O–H groups in total. The van der Waals surface area contributed by atoms with Gasteiger partial charge in [0.2, 0.25) is 0 Å². The average Bonchev–Trinajstić information content (AvgIpc) is 2.80. The summed E-state index contributed by atoms with van der Waals surface area (Å²) in [6.45, 7) is 1.54. The fourth-order valence-electron chi connectivity index (χ4n) is 4.28. The maximum Gasteiger partial charge on any atom is 0.0623 e. The zero-order chi connectivity index (χ0) is 13.7. The smallest absolute Gasteiger partial charge is 0.0623 e.